The predicted octanol–water partition coefficient (Wildman–Crippen LogP) is 2.57. The average Bonchev–Trinajstić information content (AvgIpc) is 2.51. The Morgan fingerprint density at radius 1 is 1.23 bits per heavy atom. The van der Waals surface area contributed by atoms with Gasteiger partial charge in [0.05, 0.1) is 6.07 Å². The van der Waals surface area contributed by atoms with Gasteiger partial charge in [-0.05, 0) is 22.9 Å². The van der Waals surface area contributed by atoms with Crippen molar-refractivity contribution in [3.05, 3.63) is 48.0 Å². The van der Waals surface area contributed by atoms with Crippen LogP contribution in [0, 0.1) is 17.2 Å². The van der Waals surface area contributed by atoms with Gasteiger partial charge < -0.3 is 10.4 Å². The second kappa shape index (κ2) is 6.72. The number of rotatable bonds is 5. The Labute approximate surface area is 128 Å². The maximum atomic E-state index is 12.3. The number of carboxylic acids is 1. The molecule has 0 saturated heterocycles. The van der Waals surface area contributed by atoms with Crippen molar-refractivity contribution in [2.45, 2.75) is 19.4 Å². The lowest BCUT2D eigenvalue weighted by Gasteiger charge is -2.19. The van der Waals surface area contributed by atoms with Gasteiger partial charge in [-0.2, -0.15) is 5.26 Å². The number of hydrogen-bond donors (Lipinski definition) is 2. The Kier molecular flexibility index (Phi) is 4.74. The van der Waals surface area contributed by atoms with E-state index >= 15 is 0 Å². The number of nitrogens with one attached hydrogen (secondary N) is 1. The molecule has 0 radical (unpaired) electrons. The minimum atomic E-state index is -1.14. The number of carbonyl (C=O) groups is 2. The number of carbonyl (C=O) groups excluding carboxylic acids is 1. The van der Waals surface area contributed by atoms with Crippen molar-refractivity contribution >= 4 is 22.6 Å². The second-order valence-corrected chi connectivity index (χ2v) is 5.19. The van der Waals surface area contributed by atoms with Gasteiger partial charge in [0.25, 0.3) is 5.91 Å². The van der Waals surface area contributed by atoms with Crippen LogP contribution in [-0.4, -0.2) is 23.0 Å². The molecule has 22 heavy (non-hydrogen) atoms. The smallest absolute Gasteiger partial charge is 0.326 e. The Hall–Kier alpha value is -2.87. The fourth-order valence-corrected chi connectivity index (χ4v) is 2.26. The zero-order chi connectivity index (χ0) is 16.1. The summed E-state index contributed by atoms with van der Waals surface area (Å²) in [4.78, 5) is 23.5. The summed E-state index contributed by atoms with van der Waals surface area (Å²) in [6.07, 6.45) is 0.0645. The summed E-state index contributed by atoms with van der Waals surface area (Å²) < 4.78 is 0. The third kappa shape index (κ3) is 3.41. The molecule has 112 valence electrons. The van der Waals surface area contributed by atoms with Crippen LogP contribution in [0.2, 0.25) is 0 Å². The molecule has 0 aliphatic rings. The lowest BCUT2D eigenvalue weighted by atomic mass is 9.98. The molecule has 0 saturated carbocycles. The van der Waals surface area contributed by atoms with Crippen LogP contribution in [0.5, 0.6) is 0 Å². The summed E-state index contributed by atoms with van der Waals surface area (Å²) in [5.41, 5.74) is 0.397. The van der Waals surface area contributed by atoms with E-state index in [1.165, 1.54) is 0 Å². The van der Waals surface area contributed by atoms with Gasteiger partial charge in [0.1, 0.15) is 6.04 Å². The molecule has 0 fully saturated rings. The van der Waals surface area contributed by atoms with Gasteiger partial charge in [-0.1, -0.05) is 37.3 Å². The molecule has 0 bridgehead atoms. The Morgan fingerprint density at radius 3 is 2.55 bits per heavy atom. The molecule has 5 heteroatoms. The van der Waals surface area contributed by atoms with Crippen LogP contribution in [0.25, 0.3) is 10.8 Å². The highest BCUT2D eigenvalue weighted by Crippen LogP contribution is 2.16. The van der Waals surface area contributed by atoms with Gasteiger partial charge in [0.15, 0.2) is 0 Å². The van der Waals surface area contributed by atoms with Crippen molar-refractivity contribution in [2.75, 3.05) is 0 Å². The van der Waals surface area contributed by atoms with E-state index in [0.717, 1.165) is 10.8 Å². The molecule has 0 aromatic heterocycles. The highest BCUT2D eigenvalue weighted by molar-refractivity contribution is 6.00. The number of benzene rings is 2. The van der Waals surface area contributed by atoms with E-state index in [1.807, 2.05) is 36.4 Å². The van der Waals surface area contributed by atoms with Crippen molar-refractivity contribution in [2.24, 2.45) is 5.92 Å². The maximum Gasteiger partial charge on any atom is 0.326 e. The van der Waals surface area contributed by atoms with E-state index in [4.69, 9.17) is 5.26 Å². The fourth-order valence-electron chi connectivity index (χ4n) is 2.26. The third-order valence-corrected chi connectivity index (χ3v) is 3.55. The van der Waals surface area contributed by atoms with Crippen LogP contribution in [0.1, 0.15) is 23.7 Å². The number of aliphatic carboxylic acids is 1. The van der Waals surface area contributed by atoms with Crippen molar-refractivity contribution in [1.82, 2.24) is 5.32 Å². The zero-order valence-corrected chi connectivity index (χ0v) is 12.1. The van der Waals surface area contributed by atoms with Gasteiger partial charge >= 0.3 is 5.97 Å². The molecule has 0 unspecified atom stereocenters. The van der Waals surface area contributed by atoms with E-state index in [-0.39, 0.29) is 6.42 Å². The van der Waals surface area contributed by atoms with Gasteiger partial charge in [-0.15, -0.1) is 0 Å². The number of carboxylic acid groups (broad SMARTS) is 1. The topological polar surface area (TPSA) is 90.2 Å². The second-order valence-electron chi connectivity index (χ2n) is 5.19. The number of fused-ring (bicyclic) bond motifs is 1. The number of amides is 1. The number of nitriles is 1. The SMILES string of the molecule is C[C@H](CC#N)[C@@H](NC(=O)c1ccc2ccccc2c1)C(=O)O. The first-order valence-electron chi connectivity index (χ1n) is 6.92. The van der Waals surface area contributed by atoms with E-state index in [9.17, 15) is 14.7 Å². The first-order valence-corrected chi connectivity index (χ1v) is 6.92. The van der Waals surface area contributed by atoms with Crippen LogP contribution in [0.4, 0.5) is 0 Å². The Morgan fingerprint density at radius 2 is 1.91 bits per heavy atom. The summed E-state index contributed by atoms with van der Waals surface area (Å²) in [5, 5.41) is 22.3. The van der Waals surface area contributed by atoms with Gasteiger partial charge in [-0.25, -0.2) is 4.79 Å². The number of nitrogens with zero attached hydrogens (tertiary/aromatic N) is 1. The molecule has 0 spiro atoms. The standard InChI is InChI=1S/C17H16N2O3/c1-11(8-9-18)15(17(21)22)19-16(20)14-7-6-12-4-2-3-5-13(12)10-14/h2-7,10-11,15H,8H2,1H3,(H,19,20)(H,21,22)/t11-,15-/m1/s1. The Balaban J connectivity index is 2.21. The monoisotopic (exact) mass is 296 g/mol. The highest BCUT2D eigenvalue weighted by atomic mass is 16.4. The summed E-state index contributed by atoms with van der Waals surface area (Å²) in [7, 11) is 0. The molecular formula is C17H16N2O3. The minimum Gasteiger partial charge on any atom is -0.480 e. The third-order valence-electron chi connectivity index (χ3n) is 3.55. The first-order chi connectivity index (χ1) is 10.5. The van der Waals surface area contributed by atoms with Crippen LogP contribution < -0.4 is 5.32 Å². The van der Waals surface area contributed by atoms with E-state index < -0.39 is 23.8 Å². The normalized spacial score (nSPS) is 13.1. The van der Waals surface area contributed by atoms with E-state index in [0.29, 0.717) is 5.56 Å². The summed E-state index contributed by atoms with van der Waals surface area (Å²) >= 11 is 0. The van der Waals surface area contributed by atoms with Gasteiger partial charge in [-0.3, -0.25) is 4.79 Å². The van der Waals surface area contributed by atoms with Crippen LogP contribution in [-0.2, 0) is 4.79 Å². The lowest BCUT2D eigenvalue weighted by molar-refractivity contribution is -0.140. The fraction of sp³-hybridized carbons (Fsp3) is 0.235. The van der Waals surface area contributed by atoms with Gasteiger partial charge in [0, 0.05) is 17.9 Å². The Bertz CT molecular complexity index is 749. The van der Waals surface area contributed by atoms with E-state index in [1.54, 1.807) is 19.1 Å². The molecule has 2 aromatic rings. The van der Waals surface area contributed by atoms with Crippen molar-refractivity contribution < 1.29 is 14.7 Å². The number of hydrogen-bond acceptors (Lipinski definition) is 3. The van der Waals surface area contributed by atoms with E-state index in [2.05, 4.69) is 5.32 Å². The highest BCUT2D eigenvalue weighted by Gasteiger charge is 2.26. The molecule has 0 aliphatic heterocycles. The zero-order valence-electron chi connectivity index (χ0n) is 12.1. The molecule has 2 N–H and O–H groups in total. The van der Waals surface area contributed by atoms with Gasteiger partial charge in [0.2, 0.25) is 0 Å². The molecule has 2 rings (SSSR count). The van der Waals surface area contributed by atoms with Crippen molar-refractivity contribution in [3.8, 4) is 6.07 Å². The first kappa shape index (κ1) is 15.5. The quantitative estimate of drug-likeness (QED) is 0.887. The molecule has 2 atom stereocenters. The van der Waals surface area contributed by atoms with Crippen LogP contribution in [0.3, 0.4) is 0 Å². The minimum absolute atomic E-state index is 0.0645. The molecule has 0 heterocycles. The molecule has 2 aromatic carbocycles. The van der Waals surface area contributed by atoms with Crippen molar-refractivity contribution in [3.63, 3.8) is 0 Å². The molecular weight excluding hydrogens is 280 g/mol. The summed E-state index contributed by atoms with van der Waals surface area (Å²) in [6, 6.07) is 13.6. The summed E-state index contributed by atoms with van der Waals surface area (Å²) in [5.74, 6) is -2.06. The van der Waals surface area contributed by atoms with Crippen molar-refractivity contribution in [1.29, 1.82) is 5.26 Å². The molecule has 5 nitrogen and oxygen atoms in total. The van der Waals surface area contributed by atoms with Crippen LogP contribution >= 0.6 is 0 Å². The van der Waals surface area contributed by atoms with Crippen LogP contribution in [0.15, 0.2) is 42.5 Å². The molecule has 0 aliphatic carbocycles. The largest absolute Gasteiger partial charge is 0.480 e. The molecule has 1 amide bonds. The maximum absolute atomic E-state index is 12.3. The summed E-state index contributed by atoms with van der Waals surface area (Å²) in [6.45, 7) is 1.63. The average molecular weight is 296 g/mol. The lowest BCUT2D eigenvalue weighted by Crippen LogP contribution is -2.45. The predicted molar refractivity (Wildman–Crippen MR) is 82.2 cm³/mol.